The summed E-state index contributed by atoms with van der Waals surface area (Å²) in [6.07, 6.45) is 2.49. The lowest BCUT2D eigenvalue weighted by Crippen LogP contribution is -2.58. The van der Waals surface area contributed by atoms with Crippen molar-refractivity contribution >= 4 is 49.0 Å². The number of piperazine rings is 1. The SMILES string of the molecule is Cl.Cl.Cl.NCC(=O)NC1CN[C@@H](C(=O)N2CCN(Cc3ccccc3)C[C@H]2CCc2ccccc2)C1. The van der Waals surface area contributed by atoms with Crippen LogP contribution in [0.4, 0.5) is 0 Å². The van der Waals surface area contributed by atoms with Gasteiger partial charge in [0.1, 0.15) is 0 Å². The topological polar surface area (TPSA) is 90.7 Å². The molecule has 2 aromatic carbocycles. The van der Waals surface area contributed by atoms with Crippen LogP contribution in [0.3, 0.4) is 0 Å². The molecule has 2 heterocycles. The fourth-order valence-electron chi connectivity index (χ4n) is 4.94. The molecule has 10 heteroatoms. The Labute approximate surface area is 232 Å². The molecule has 0 spiro atoms. The van der Waals surface area contributed by atoms with Crippen molar-refractivity contribution in [3.05, 3.63) is 71.8 Å². The number of carbonyl (C=O) groups excluding carboxylic acids is 2. The van der Waals surface area contributed by atoms with Gasteiger partial charge in [-0.05, 0) is 30.4 Å². The zero-order chi connectivity index (χ0) is 23.0. The molecule has 0 aromatic heterocycles. The van der Waals surface area contributed by atoms with Gasteiger partial charge in [0.15, 0.2) is 0 Å². The third-order valence-corrected chi connectivity index (χ3v) is 6.69. The van der Waals surface area contributed by atoms with E-state index >= 15 is 0 Å². The van der Waals surface area contributed by atoms with E-state index in [4.69, 9.17) is 5.73 Å². The van der Waals surface area contributed by atoms with Crippen LogP contribution in [-0.4, -0.2) is 72.5 Å². The van der Waals surface area contributed by atoms with Gasteiger partial charge in [0.25, 0.3) is 0 Å². The smallest absolute Gasteiger partial charge is 0.240 e. The molecule has 2 aliphatic heterocycles. The number of rotatable bonds is 8. The predicted octanol–water partition coefficient (Wildman–Crippen LogP) is 2.40. The number of amides is 2. The van der Waals surface area contributed by atoms with Crippen molar-refractivity contribution in [2.75, 3.05) is 32.7 Å². The Balaban J connectivity index is 0.00000216. The second kappa shape index (κ2) is 16.1. The average molecular weight is 559 g/mol. The van der Waals surface area contributed by atoms with Crippen LogP contribution >= 0.6 is 37.2 Å². The molecule has 36 heavy (non-hydrogen) atoms. The Bertz CT molecular complexity index is 922. The molecule has 200 valence electrons. The van der Waals surface area contributed by atoms with E-state index in [0.29, 0.717) is 13.0 Å². The number of nitrogens with two attached hydrogens (primary N) is 1. The van der Waals surface area contributed by atoms with E-state index in [1.807, 2.05) is 12.1 Å². The van der Waals surface area contributed by atoms with E-state index in [-0.39, 0.29) is 73.7 Å². The van der Waals surface area contributed by atoms with Crippen molar-refractivity contribution in [1.82, 2.24) is 20.4 Å². The van der Waals surface area contributed by atoms with Crippen molar-refractivity contribution in [1.29, 1.82) is 0 Å². The molecule has 7 nitrogen and oxygen atoms in total. The first-order valence-electron chi connectivity index (χ1n) is 12.0. The standard InChI is InChI=1S/C26H35N5O2.3ClH/c27-16-25(32)29-22-15-24(28-17-22)26(33)31-14-13-30(18-21-9-5-2-6-10-21)19-23(31)12-11-20-7-3-1-4-8-20;;;/h1-10,22-24,28H,11-19,27H2,(H,29,32);3*1H/t22?,23-,24-;;;/m1.../s1. The highest BCUT2D eigenvalue weighted by molar-refractivity contribution is 5.86. The number of hydrogen-bond acceptors (Lipinski definition) is 5. The summed E-state index contributed by atoms with van der Waals surface area (Å²) in [7, 11) is 0. The highest BCUT2D eigenvalue weighted by Gasteiger charge is 2.37. The lowest BCUT2D eigenvalue weighted by Gasteiger charge is -2.42. The molecule has 2 saturated heterocycles. The van der Waals surface area contributed by atoms with E-state index in [1.54, 1.807) is 0 Å². The monoisotopic (exact) mass is 557 g/mol. The molecule has 2 aliphatic rings. The number of nitrogens with zero attached hydrogens (tertiary/aromatic N) is 2. The third-order valence-electron chi connectivity index (χ3n) is 6.69. The summed E-state index contributed by atoms with van der Waals surface area (Å²) < 4.78 is 0. The van der Waals surface area contributed by atoms with Gasteiger partial charge in [-0.25, -0.2) is 0 Å². The molecule has 2 aromatic rings. The van der Waals surface area contributed by atoms with E-state index in [0.717, 1.165) is 39.0 Å². The van der Waals surface area contributed by atoms with E-state index in [9.17, 15) is 9.59 Å². The highest BCUT2D eigenvalue weighted by atomic mass is 35.5. The number of carbonyl (C=O) groups is 2. The van der Waals surface area contributed by atoms with Gasteiger partial charge in [-0.2, -0.15) is 0 Å². The lowest BCUT2D eigenvalue weighted by molar-refractivity contribution is -0.138. The van der Waals surface area contributed by atoms with Crippen LogP contribution in [0.25, 0.3) is 0 Å². The summed E-state index contributed by atoms with van der Waals surface area (Å²) in [5.74, 6) is -0.0258. The van der Waals surface area contributed by atoms with Crippen LogP contribution in [0, 0.1) is 0 Å². The molecule has 0 radical (unpaired) electrons. The van der Waals surface area contributed by atoms with E-state index < -0.39 is 0 Å². The Kier molecular flexibility index (Phi) is 14.4. The van der Waals surface area contributed by atoms with Gasteiger partial charge in [-0.3, -0.25) is 14.5 Å². The number of hydrogen-bond donors (Lipinski definition) is 3. The molecular formula is C26H38Cl3N5O2. The molecule has 2 fully saturated rings. The average Bonchev–Trinajstić information content (AvgIpc) is 3.32. The van der Waals surface area contributed by atoms with Crippen LogP contribution in [0.15, 0.2) is 60.7 Å². The maximum absolute atomic E-state index is 13.5. The Hall–Kier alpha value is -1.87. The van der Waals surface area contributed by atoms with Gasteiger partial charge in [-0.15, -0.1) is 37.2 Å². The molecule has 0 bridgehead atoms. The maximum Gasteiger partial charge on any atom is 0.240 e. The van der Waals surface area contributed by atoms with Crippen LogP contribution in [0.2, 0.25) is 0 Å². The van der Waals surface area contributed by atoms with Crippen molar-refractivity contribution in [3.8, 4) is 0 Å². The number of benzene rings is 2. The lowest BCUT2D eigenvalue weighted by atomic mass is 10.00. The molecule has 4 rings (SSSR count). The molecule has 0 aliphatic carbocycles. The van der Waals surface area contributed by atoms with Gasteiger partial charge in [-0.1, -0.05) is 60.7 Å². The van der Waals surface area contributed by atoms with Crippen LogP contribution in [0.5, 0.6) is 0 Å². The summed E-state index contributed by atoms with van der Waals surface area (Å²) >= 11 is 0. The number of nitrogens with one attached hydrogen (secondary N) is 2. The first-order chi connectivity index (χ1) is 16.1. The fourth-order valence-corrected chi connectivity index (χ4v) is 4.94. The van der Waals surface area contributed by atoms with Crippen molar-refractivity contribution in [3.63, 3.8) is 0 Å². The highest BCUT2D eigenvalue weighted by Crippen LogP contribution is 2.21. The fraction of sp³-hybridized carbons (Fsp3) is 0.462. The Morgan fingerprint density at radius 3 is 2.22 bits per heavy atom. The van der Waals surface area contributed by atoms with Crippen molar-refractivity contribution < 1.29 is 9.59 Å². The Morgan fingerprint density at radius 2 is 1.58 bits per heavy atom. The molecule has 0 saturated carbocycles. The largest absolute Gasteiger partial charge is 0.351 e. The molecule has 1 unspecified atom stereocenters. The van der Waals surface area contributed by atoms with Crippen molar-refractivity contribution in [2.45, 2.75) is 43.9 Å². The molecule has 3 atom stereocenters. The molecule has 4 N–H and O–H groups in total. The first kappa shape index (κ1) is 32.2. The van der Waals surface area contributed by atoms with Gasteiger partial charge >= 0.3 is 0 Å². The summed E-state index contributed by atoms with van der Waals surface area (Å²) in [5.41, 5.74) is 8.02. The van der Waals surface area contributed by atoms with Gasteiger partial charge < -0.3 is 21.3 Å². The number of halogens is 3. The third kappa shape index (κ3) is 8.91. The summed E-state index contributed by atoms with van der Waals surface area (Å²) in [5, 5.41) is 6.22. The summed E-state index contributed by atoms with van der Waals surface area (Å²) in [6.45, 7) is 3.93. The minimum Gasteiger partial charge on any atom is -0.351 e. The minimum atomic E-state index is -0.257. The zero-order valence-corrected chi connectivity index (χ0v) is 22.8. The summed E-state index contributed by atoms with van der Waals surface area (Å²) in [6, 6.07) is 20.9. The molecule has 2 amide bonds. The zero-order valence-electron chi connectivity index (χ0n) is 20.4. The van der Waals surface area contributed by atoms with Crippen LogP contribution < -0.4 is 16.4 Å². The normalized spacial score (nSPS) is 21.5. The maximum atomic E-state index is 13.5. The van der Waals surface area contributed by atoms with E-state index in [2.05, 4.69) is 69.0 Å². The Morgan fingerprint density at radius 1 is 0.944 bits per heavy atom. The first-order valence-corrected chi connectivity index (χ1v) is 12.0. The minimum absolute atomic E-state index is 0. The second-order valence-electron chi connectivity index (χ2n) is 9.10. The van der Waals surface area contributed by atoms with E-state index in [1.165, 1.54) is 11.1 Å². The number of aryl methyl sites for hydroxylation is 1. The van der Waals surface area contributed by atoms with Gasteiger partial charge in [0.05, 0.1) is 12.6 Å². The predicted molar refractivity (Wildman–Crippen MR) is 151 cm³/mol. The molecular weight excluding hydrogens is 521 g/mol. The van der Waals surface area contributed by atoms with Crippen LogP contribution in [0.1, 0.15) is 24.0 Å². The second-order valence-corrected chi connectivity index (χ2v) is 9.10. The summed E-state index contributed by atoms with van der Waals surface area (Å²) in [4.78, 5) is 29.7. The van der Waals surface area contributed by atoms with Crippen LogP contribution in [-0.2, 0) is 22.6 Å². The van der Waals surface area contributed by atoms with Crippen molar-refractivity contribution in [2.24, 2.45) is 5.73 Å². The quantitative estimate of drug-likeness (QED) is 0.463. The van der Waals surface area contributed by atoms with Gasteiger partial charge in [0.2, 0.25) is 11.8 Å². The van der Waals surface area contributed by atoms with Gasteiger partial charge in [0, 0.05) is 44.8 Å².